The number of ether oxygens (including phenoxy) is 1. The molecule has 0 fully saturated rings. The van der Waals surface area contributed by atoms with Gasteiger partial charge in [0.2, 0.25) is 6.41 Å². The molecule has 6 nitrogen and oxygen atoms in total. The zero-order valence-electron chi connectivity index (χ0n) is 14.6. The molecule has 1 aromatic carbocycles. The van der Waals surface area contributed by atoms with Gasteiger partial charge >= 0.3 is 6.03 Å². The fourth-order valence-electron chi connectivity index (χ4n) is 2.93. The van der Waals surface area contributed by atoms with Crippen LogP contribution in [0.3, 0.4) is 0 Å². The van der Waals surface area contributed by atoms with Crippen molar-refractivity contribution < 1.29 is 14.3 Å². The molecule has 0 aliphatic carbocycles. The number of terminal acetylenes is 1. The van der Waals surface area contributed by atoms with Gasteiger partial charge in [-0.25, -0.2) is 4.79 Å². The summed E-state index contributed by atoms with van der Waals surface area (Å²) in [6.07, 6.45) is 6.62. The Labute approximate surface area is 149 Å². The molecule has 0 unspecified atom stereocenters. The van der Waals surface area contributed by atoms with Crippen molar-refractivity contribution in [2.24, 2.45) is 0 Å². The minimum Gasteiger partial charge on any atom is -0.497 e. The number of amides is 3. The van der Waals surface area contributed by atoms with Gasteiger partial charge in [-0.15, -0.1) is 6.42 Å². The third-order valence-electron chi connectivity index (χ3n) is 4.31. The third-order valence-corrected chi connectivity index (χ3v) is 5.26. The Kier molecular flexibility index (Phi) is 6.19. The van der Waals surface area contributed by atoms with E-state index in [1.807, 2.05) is 19.1 Å². The molecule has 1 aliphatic rings. The molecule has 0 aromatic heterocycles. The number of nitrogens with zero attached hydrogens (tertiary/aromatic N) is 1. The smallest absolute Gasteiger partial charge is 0.322 e. The van der Waals surface area contributed by atoms with Crippen LogP contribution in [-0.4, -0.2) is 48.6 Å². The number of nitrogens with one attached hydrogen (secondary N) is 2. The van der Waals surface area contributed by atoms with Crippen molar-refractivity contribution in [3.05, 3.63) is 29.3 Å². The van der Waals surface area contributed by atoms with Crippen LogP contribution in [0.4, 0.5) is 4.79 Å². The van der Waals surface area contributed by atoms with E-state index >= 15 is 0 Å². The zero-order chi connectivity index (χ0) is 18.4. The van der Waals surface area contributed by atoms with E-state index in [0.717, 1.165) is 31.5 Å². The zero-order valence-corrected chi connectivity index (χ0v) is 15.5. The lowest BCUT2D eigenvalue weighted by Gasteiger charge is -2.33. The van der Waals surface area contributed by atoms with Crippen molar-refractivity contribution in [3.8, 4) is 18.1 Å². The van der Waals surface area contributed by atoms with E-state index in [-0.39, 0.29) is 0 Å². The van der Waals surface area contributed by atoms with Crippen molar-refractivity contribution >= 4 is 26.1 Å². The molecule has 132 valence electrons. The Morgan fingerprint density at radius 1 is 1.56 bits per heavy atom. The normalized spacial score (nSPS) is 17.3. The standard InChI is InChI=1S/C18H22N3O3P/c1-5-18(6-2,20-17(23)19-12-22)11-21-10-13-7-8-14(24-3)9-15(13)16(21)25-4/h1,7-9,12H,6,10-11H2,2-4H3,(H2,19,20,22,23)/t18-/m0/s1. The van der Waals surface area contributed by atoms with E-state index in [1.54, 1.807) is 7.11 Å². The number of rotatable bonds is 6. The summed E-state index contributed by atoms with van der Waals surface area (Å²) in [5.74, 6) is 3.51. The molecule has 0 spiro atoms. The van der Waals surface area contributed by atoms with Gasteiger partial charge in [-0.1, -0.05) is 27.1 Å². The summed E-state index contributed by atoms with van der Waals surface area (Å²) in [5.41, 5.74) is 2.61. The molecular formula is C18H22N3O3P. The maximum Gasteiger partial charge on any atom is 0.322 e. The summed E-state index contributed by atoms with van der Waals surface area (Å²) in [4.78, 5) is 24.5. The lowest BCUT2D eigenvalue weighted by Crippen LogP contribution is -2.56. The topological polar surface area (TPSA) is 70.7 Å². The number of hydrogen-bond acceptors (Lipinski definition) is 3. The molecular weight excluding hydrogens is 337 g/mol. The minimum atomic E-state index is -0.866. The molecule has 2 N–H and O–H groups in total. The SMILES string of the molecule is C#C[C@](CC)(CN1Cc2ccc(OC)cc2C1=PC)NC(=O)NC=O. The number of carbonyl (C=O) groups is 2. The fourth-order valence-corrected chi connectivity index (χ4v) is 3.80. The Morgan fingerprint density at radius 3 is 2.88 bits per heavy atom. The number of benzene rings is 1. The highest BCUT2D eigenvalue weighted by atomic mass is 31.1. The highest BCUT2D eigenvalue weighted by molar-refractivity contribution is 7.40. The number of methoxy groups -OCH3 is 1. The quantitative estimate of drug-likeness (QED) is 0.462. The molecule has 1 atom stereocenters. The van der Waals surface area contributed by atoms with E-state index in [4.69, 9.17) is 11.2 Å². The highest BCUT2D eigenvalue weighted by Crippen LogP contribution is 2.31. The maximum absolute atomic E-state index is 11.8. The van der Waals surface area contributed by atoms with Gasteiger partial charge in [-0.2, -0.15) is 0 Å². The highest BCUT2D eigenvalue weighted by Gasteiger charge is 2.35. The van der Waals surface area contributed by atoms with E-state index in [0.29, 0.717) is 19.4 Å². The van der Waals surface area contributed by atoms with E-state index < -0.39 is 11.6 Å². The first-order valence-corrected chi connectivity index (χ1v) is 9.25. The second-order valence-corrected chi connectivity index (χ2v) is 6.59. The van der Waals surface area contributed by atoms with Crippen molar-refractivity contribution in [3.63, 3.8) is 0 Å². The van der Waals surface area contributed by atoms with Gasteiger partial charge < -0.3 is 10.1 Å². The monoisotopic (exact) mass is 359 g/mol. The number of fused-ring (bicyclic) bond motifs is 1. The van der Waals surface area contributed by atoms with Crippen molar-refractivity contribution in [2.45, 2.75) is 25.4 Å². The molecule has 1 heterocycles. The number of imide groups is 1. The van der Waals surface area contributed by atoms with E-state index in [1.165, 1.54) is 5.56 Å². The Morgan fingerprint density at radius 2 is 2.32 bits per heavy atom. The van der Waals surface area contributed by atoms with Crippen LogP contribution < -0.4 is 15.4 Å². The van der Waals surface area contributed by atoms with Gasteiger partial charge in [-0.3, -0.25) is 15.0 Å². The predicted octanol–water partition coefficient (Wildman–Crippen LogP) is 1.80. The largest absolute Gasteiger partial charge is 0.497 e. The average molecular weight is 359 g/mol. The van der Waals surface area contributed by atoms with Crippen molar-refractivity contribution in [1.82, 2.24) is 15.5 Å². The fraction of sp³-hybridized carbons (Fsp3) is 0.389. The van der Waals surface area contributed by atoms with E-state index in [9.17, 15) is 9.59 Å². The van der Waals surface area contributed by atoms with Crippen LogP contribution in [0.25, 0.3) is 0 Å². The maximum atomic E-state index is 11.8. The van der Waals surface area contributed by atoms with Crippen molar-refractivity contribution in [1.29, 1.82) is 0 Å². The van der Waals surface area contributed by atoms with Crippen molar-refractivity contribution in [2.75, 3.05) is 20.3 Å². The van der Waals surface area contributed by atoms with Gasteiger partial charge in [0.05, 0.1) is 7.11 Å². The second-order valence-electron chi connectivity index (χ2n) is 5.72. The van der Waals surface area contributed by atoms with Crippen LogP contribution in [0.15, 0.2) is 18.2 Å². The first-order chi connectivity index (χ1) is 12.0. The molecule has 0 saturated heterocycles. The van der Waals surface area contributed by atoms with Gasteiger partial charge in [0.15, 0.2) is 0 Å². The molecule has 0 bridgehead atoms. The Balaban J connectivity index is 2.27. The van der Waals surface area contributed by atoms with Gasteiger partial charge in [0, 0.05) is 24.1 Å². The summed E-state index contributed by atoms with van der Waals surface area (Å²) >= 11 is 0. The Bertz CT molecular complexity index is 742. The van der Waals surface area contributed by atoms with Crippen LogP contribution >= 0.6 is 8.20 Å². The summed E-state index contributed by atoms with van der Waals surface area (Å²) in [7, 11) is 2.75. The molecule has 2 rings (SSSR count). The first kappa shape index (κ1) is 19.0. The molecule has 0 radical (unpaired) electrons. The molecule has 3 amide bonds. The van der Waals surface area contributed by atoms with Crippen LogP contribution in [0, 0.1) is 12.3 Å². The van der Waals surface area contributed by atoms with Crippen LogP contribution in [0.5, 0.6) is 5.75 Å². The first-order valence-electron chi connectivity index (χ1n) is 7.91. The van der Waals surface area contributed by atoms with Crippen LogP contribution in [0.2, 0.25) is 0 Å². The van der Waals surface area contributed by atoms with E-state index in [2.05, 4.69) is 34.2 Å². The number of carbonyl (C=O) groups excluding carboxylic acids is 2. The third kappa shape index (κ3) is 4.01. The van der Waals surface area contributed by atoms with Crippen LogP contribution in [0.1, 0.15) is 24.5 Å². The van der Waals surface area contributed by atoms with Crippen LogP contribution in [-0.2, 0) is 11.3 Å². The van der Waals surface area contributed by atoms with Gasteiger partial charge in [-0.05, 0) is 30.8 Å². The Hall–Kier alpha value is -2.35. The lowest BCUT2D eigenvalue weighted by atomic mass is 9.96. The average Bonchev–Trinajstić information content (AvgIpc) is 2.96. The molecule has 25 heavy (non-hydrogen) atoms. The number of hydrogen-bond donors (Lipinski definition) is 2. The second kappa shape index (κ2) is 8.15. The van der Waals surface area contributed by atoms with Gasteiger partial charge in [0.1, 0.15) is 11.3 Å². The molecule has 1 aromatic rings. The molecule has 7 heteroatoms. The summed E-state index contributed by atoms with van der Waals surface area (Å²) < 4.78 is 5.32. The lowest BCUT2D eigenvalue weighted by molar-refractivity contribution is -0.108. The molecule has 0 saturated carbocycles. The predicted molar refractivity (Wildman–Crippen MR) is 99.9 cm³/mol. The molecule has 1 aliphatic heterocycles. The van der Waals surface area contributed by atoms with Gasteiger partial charge in [0.25, 0.3) is 0 Å². The number of urea groups is 1. The summed E-state index contributed by atoms with van der Waals surface area (Å²) in [5, 5.41) is 4.83. The summed E-state index contributed by atoms with van der Waals surface area (Å²) in [6.45, 7) is 5.15. The summed E-state index contributed by atoms with van der Waals surface area (Å²) in [6, 6.07) is 5.42. The minimum absolute atomic E-state index is 0.340.